The summed E-state index contributed by atoms with van der Waals surface area (Å²) in [5.41, 5.74) is 1.50. The highest BCUT2D eigenvalue weighted by atomic mass is 19.1. The molecule has 36 heavy (non-hydrogen) atoms. The lowest BCUT2D eigenvalue weighted by molar-refractivity contribution is 0.0498. The van der Waals surface area contributed by atoms with Gasteiger partial charge in [0.1, 0.15) is 24.0 Å². The molecule has 0 aliphatic carbocycles. The maximum absolute atomic E-state index is 13.8. The van der Waals surface area contributed by atoms with Crippen LogP contribution in [0.25, 0.3) is 10.9 Å². The van der Waals surface area contributed by atoms with Gasteiger partial charge in [-0.05, 0) is 54.8 Å². The summed E-state index contributed by atoms with van der Waals surface area (Å²) in [6.45, 7) is 1.33. The molecule has 0 radical (unpaired) electrons. The Kier molecular flexibility index (Phi) is 7.04. The minimum atomic E-state index is -0.320. The zero-order valence-electron chi connectivity index (χ0n) is 19.7. The fourth-order valence-corrected chi connectivity index (χ4v) is 4.33. The van der Waals surface area contributed by atoms with E-state index in [1.165, 1.54) is 12.1 Å². The fraction of sp³-hybridized carbons (Fsp3) is 0.250. The van der Waals surface area contributed by atoms with Crippen molar-refractivity contribution in [2.45, 2.75) is 32.1 Å². The molecule has 7 nitrogen and oxygen atoms in total. The number of carbonyl (C=O) groups excluding carboxylic acids is 1. The van der Waals surface area contributed by atoms with Crippen molar-refractivity contribution in [1.82, 2.24) is 14.9 Å². The molecule has 4 aromatic rings. The van der Waals surface area contributed by atoms with Gasteiger partial charge in [-0.15, -0.1) is 0 Å². The molecular weight excluding hydrogens is 461 g/mol. The molecular formula is C28H26FN3O4. The van der Waals surface area contributed by atoms with E-state index in [1.54, 1.807) is 59.5 Å². The van der Waals surface area contributed by atoms with Crippen LogP contribution in [0.2, 0.25) is 0 Å². The average Bonchev–Trinajstić information content (AvgIpc) is 3.41. The van der Waals surface area contributed by atoms with Crippen molar-refractivity contribution >= 4 is 16.8 Å². The summed E-state index contributed by atoms with van der Waals surface area (Å²) in [7, 11) is 0. The van der Waals surface area contributed by atoms with Crippen LogP contribution in [0.1, 0.15) is 34.6 Å². The normalized spacial score (nSPS) is 15.2. The summed E-state index contributed by atoms with van der Waals surface area (Å²) < 4.78 is 25.0. The summed E-state index contributed by atoms with van der Waals surface area (Å²) in [4.78, 5) is 35.4. The van der Waals surface area contributed by atoms with Crippen LogP contribution in [-0.4, -0.2) is 40.0 Å². The van der Waals surface area contributed by atoms with Gasteiger partial charge in [0.05, 0.1) is 29.1 Å². The highest BCUT2D eigenvalue weighted by Gasteiger charge is 2.26. The molecule has 0 saturated carbocycles. The van der Waals surface area contributed by atoms with Crippen LogP contribution < -0.4 is 10.3 Å². The molecule has 0 spiro atoms. The molecule has 0 unspecified atom stereocenters. The Morgan fingerprint density at radius 2 is 1.86 bits per heavy atom. The summed E-state index contributed by atoms with van der Waals surface area (Å²) >= 11 is 0. The number of fused-ring (bicyclic) bond motifs is 1. The van der Waals surface area contributed by atoms with Crippen molar-refractivity contribution in [3.05, 3.63) is 106 Å². The largest absolute Gasteiger partial charge is 0.488 e. The summed E-state index contributed by atoms with van der Waals surface area (Å²) in [5.74, 6) is 0.245. The number of aromatic nitrogens is 2. The van der Waals surface area contributed by atoms with E-state index in [0.717, 1.165) is 18.4 Å². The number of para-hydroxylation sites is 2. The van der Waals surface area contributed by atoms with Crippen LogP contribution in [0.5, 0.6) is 5.75 Å². The number of H-pyrrole nitrogens is 1. The number of amides is 1. The number of halogens is 1. The van der Waals surface area contributed by atoms with Crippen molar-refractivity contribution in [1.29, 1.82) is 0 Å². The summed E-state index contributed by atoms with van der Waals surface area (Å²) in [5, 5.41) is 0.498. The molecule has 1 aliphatic rings. The molecule has 1 atom stereocenters. The van der Waals surface area contributed by atoms with E-state index in [4.69, 9.17) is 9.47 Å². The molecule has 1 aromatic heterocycles. The number of hydrogen-bond donors (Lipinski definition) is 1. The SMILES string of the molecule is O=C(c1ccccc1OCc1ccc(F)cc1)N(Cc1nc2ccccc2c(=O)[nH]1)C[C@H]1CCCO1. The Morgan fingerprint density at radius 3 is 2.67 bits per heavy atom. The van der Waals surface area contributed by atoms with E-state index >= 15 is 0 Å². The molecule has 0 bridgehead atoms. The Hall–Kier alpha value is -4.04. The summed E-state index contributed by atoms with van der Waals surface area (Å²) in [6, 6.07) is 20.1. The quantitative estimate of drug-likeness (QED) is 0.397. The van der Waals surface area contributed by atoms with Crippen LogP contribution in [-0.2, 0) is 17.9 Å². The van der Waals surface area contributed by atoms with E-state index in [0.29, 0.717) is 41.2 Å². The molecule has 184 valence electrons. The van der Waals surface area contributed by atoms with Crippen LogP contribution in [0, 0.1) is 5.82 Å². The van der Waals surface area contributed by atoms with Gasteiger partial charge in [0.2, 0.25) is 0 Å². The van der Waals surface area contributed by atoms with Gasteiger partial charge in [0.25, 0.3) is 11.5 Å². The van der Waals surface area contributed by atoms with Crippen LogP contribution in [0.4, 0.5) is 4.39 Å². The van der Waals surface area contributed by atoms with E-state index in [2.05, 4.69) is 9.97 Å². The van der Waals surface area contributed by atoms with Crippen LogP contribution >= 0.6 is 0 Å². The van der Waals surface area contributed by atoms with Crippen LogP contribution in [0.3, 0.4) is 0 Å². The lowest BCUT2D eigenvalue weighted by Crippen LogP contribution is -2.38. The lowest BCUT2D eigenvalue weighted by atomic mass is 10.1. The number of nitrogens with one attached hydrogen (secondary N) is 1. The number of benzene rings is 3. The van der Waals surface area contributed by atoms with Gasteiger partial charge in [-0.1, -0.05) is 36.4 Å². The van der Waals surface area contributed by atoms with E-state index in [1.807, 2.05) is 6.07 Å². The zero-order chi connectivity index (χ0) is 24.9. The molecule has 2 heterocycles. The van der Waals surface area contributed by atoms with Crippen LogP contribution in [0.15, 0.2) is 77.6 Å². The first-order valence-electron chi connectivity index (χ1n) is 11.9. The smallest absolute Gasteiger partial charge is 0.258 e. The second-order valence-corrected chi connectivity index (χ2v) is 8.76. The second kappa shape index (κ2) is 10.7. The minimum Gasteiger partial charge on any atom is -0.488 e. The monoisotopic (exact) mass is 487 g/mol. The van der Waals surface area contributed by atoms with Crippen molar-refractivity contribution in [2.75, 3.05) is 13.2 Å². The fourth-order valence-electron chi connectivity index (χ4n) is 4.33. The lowest BCUT2D eigenvalue weighted by Gasteiger charge is -2.26. The number of aromatic amines is 1. The van der Waals surface area contributed by atoms with Crippen molar-refractivity contribution in [3.63, 3.8) is 0 Å². The minimum absolute atomic E-state index is 0.0894. The number of hydrogen-bond acceptors (Lipinski definition) is 5. The third-order valence-corrected chi connectivity index (χ3v) is 6.16. The molecule has 8 heteroatoms. The molecule has 1 N–H and O–H groups in total. The Labute approximate surface area is 207 Å². The number of rotatable bonds is 8. The maximum Gasteiger partial charge on any atom is 0.258 e. The third-order valence-electron chi connectivity index (χ3n) is 6.16. The molecule has 1 aliphatic heterocycles. The maximum atomic E-state index is 13.8. The number of ether oxygens (including phenoxy) is 2. The van der Waals surface area contributed by atoms with Crippen molar-refractivity contribution in [3.8, 4) is 5.75 Å². The van der Waals surface area contributed by atoms with E-state index in [-0.39, 0.29) is 36.5 Å². The first kappa shape index (κ1) is 23.7. The second-order valence-electron chi connectivity index (χ2n) is 8.76. The Bertz CT molecular complexity index is 1410. The standard InChI is InChI=1S/C28H26FN3O4/c29-20-13-11-19(12-14-20)18-36-25-10-4-2-8-23(25)28(34)32(16-21-6-5-15-35-21)17-26-30-24-9-3-1-7-22(24)27(33)31-26/h1-4,7-14,21H,5-6,15-18H2,(H,30,31,33)/t21-/m1/s1. The predicted octanol–water partition coefficient (Wildman–Crippen LogP) is 4.46. The highest BCUT2D eigenvalue weighted by Crippen LogP contribution is 2.24. The first-order chi connectivity index (χ1) is 17.6. The van der Waals surface area contributed by atoms with Gasteiger partial charge < -0.3 is 19.4 Å². The zero-order valence-corrected chi connectivity index (χ0v) is 19.7. The van der Waals surface area contributed by atoms with Gasteiger partial charge >= 0.3 is 0 Å². The highest BCUT2D eigenvalue weighted by molar-refractivity contribution is 5.97. The van der Waals surface area contributed by atoms with Gasteiger partial charge in [0.15, 0.2) is 0 Å². The molecule has 1 fully saturated rings. The van der Waals surface area contributed by atoms with Crippen molar-refractivity contribution in [2.24, 2.45) is 0 Å². The molecule has 1 saturated heterocycles. The van der Waals surface area contributed by atoms with Crippen molar-refractivity contribution < 1.29 is 18.7 Å². The Morgan fingerprint density at radius 1 is 1.08 bits per heavy atom. The topological polar surface area (TPSA) is 84.5 Å². The number of nitrogens with zero attached hydrogens (tertiary/aromatic N) is 2. The predicted molar refractivity (Wildman–Crippen MR) is 133 cm³/mol. The first-order valence-corrected chi connectivity index (χ1v) is 11.9. The van der Waals surface area contributed by atoms with Gasteiger partial charge in [-0.3, -0.25) is 9.59 Å². The molecule has 5 rings (SSSR count). The van der Waals surface area contributed by atoms with Gasteiger partial charge in [0, 0.05) is 13.2 Å². The summed E-state index contributed by atoms with van der Waals surface area (Å²) in [6.07, 6.45) is 1.71. The number of carbonyl (C=O) groups is 1. The van der Waals surface area contributed by atoms with E-state index < -0.39 is 0 Å². The average molecular weight is 488 g/mol. The van der Waals surface area contributed by atoms with Gasteiger partial charge in [-0.2, -0.15) is 0 Å². The third kappa shape index (κ3) is 5.44. The molecule has 3 aromatic carbocycles. The Balaban J connectivity index is 1.41. The molecule has 1 amide bonds. The van der Waals surface area contributed by atoms with Gasteiger partial charge in [-0.25, -0.2) is 9.37 Å². The van der Waals surface area contributed by atoms with E-state index in [9.17, 15) is 14.0 Å².